The maximum atomic E-state index is 12.0. The molecule has 5 heteroatoms. The number of hydrogen-bond acceptors (Lipinski definition) is 4. The van der Waals surface area contributed by atoms with Gasteiger partial charge >= 0.3 is 7.60 Å². The zero-order chi connectivity index (χ0) is 12.4. The third-order valence-electron chi connectivity index (χ3n) is 1.76. The molecule has 0 aliphatic carbocycles. The molecule has 0 amide bonds. The largest absolute Gasteiger partial charge is 0.338 e. The molecular formula is C11H21O4P. The van der Waals surface area contributed by atoms with Crippen molar-refractivity contribution in [1.82, 2.24) is 0 Å². The highest BCUT2D eigenvalue weighted by molar-refractivity contribution is 7.54. The van der Waals surface area contributed by atoms with Crippen LogP contribution < -0.4 is 0 Å². The first kappa shape index (κ1) is 15.6. The molecule has 0 aromatic rings. The van der Waals surface area contributed by atoms with Crippen molar-refractivity contribution in [2.45, 2.75) is 33.6 Å². The van der Waals surface area contributed by atoms with E-state index in [1.54, 1.807) is 19.9 Å². The minimum Gasteiger partial charge on any atom is -0.309 e. The standard InChI is InChI=1S/C11H21O4P/c1-4-7-8-9-11(12)10-16(13,14-5-2)15-6-3/h8-9H,4-7,10H2,1-3H3/b9-8+. The van der Waals surface area contributed by atoms with Crippen molar-refractivity contribution in [2.24, 2.45) is 0 Å². The first-order valence-corrected chi connectivity index (χ1v) is 7.38. The molecule has 0 N–H and O–H groups in total. The summed E-state index contributed by atoms with van der Waals surface area (Å²) in [4.78, 5) is 11.5. The zero-order valence-electron chi connectivity index (χ0n) is 10.3. The van der Waals surface area contributed by atoms with E-state index in [2.05, 4.69) is 0 Å². The second-order valence-corrected chi connectivity index (χ2v) is 5.32. The second kappa shape index (κ2) is 8.68. The molecule has 0 radical (unpaired) electrons. The van der Waals surface area contributed by atoms with Gasteiger partial charge in [0, 0.05) is 0 Å². The van der Waals surface area contributed by atoms with Crippen molar-refractivity contribution in [3.05, 3.63) is 12.2 Å². The Morgan fingerprint density at radius 2 is 1.75 bits per heavy atom. The van der Waals surface area contributed by atoms with Gasteiger partial charge in [-0.25, -0.2) is 0 Å². The number of carbonyl (C=O) groups excluding carboxylic acids is 1. The predicted molar refractivity (Wildman–Crippen MR) is 64.8 cm³/mol. The number of hydrogen-bond donors (Lipinski definition) is 0. The molecule has 0 aromatic carbocycles. The minimum atomic E-state index is -3.22. The first-order valence-electron chi connectivity index (χ1n) is 5.65. The lowest BCUT2D eigenvalue weighted by atomic mass is 10.3. The quantitative estimate of drug-likeness (QED) is 0.464. The van der Waals surface area contributed by atoms with E-state index in [0.717, 1.165) is 12.8 Å². The van der Waals surface area contributed by atoms with Crippen LogP contribution in [0.15, 0.2) is 12.2 Å². The maximum Gasteiger partial charge on any atom is 0.338 e. The molecule has 0 saturated carbocycles. The molecule has 0 spiro atoms. The molecule has 0 unspecified atom stereocenters. The molecule has 0 fully saturated rings. The van der Waals surface area contributed by atoms with Gasteiger partial charge in [-0.1, -0.05) is 19.4 Å². The van der Waals surface area contributed by atoms with Gasteiger partial charge in [0.15, 0.2) is 5.78 Å². The van der Waals surface area contributed by atoms with Crippen LogP contribution in [0.1, 0.15) is 33.6 Å². The van der Waals surface area contributed by atoms with Gasteiger partial charge in [0.1, 0.15) is 6.16 Å². The molecule has 0 aliphatic rings. The Hall–Kier alpha value is -0.440. The van der Waals surface area contributed by atoms with Crippen LogP contribution in [0.25, 0.3) is 0 Å². The molecule has 0 rings (SSSR count). The lowest BCUT2D eigenvalue weighted by Crippen LogP contribution is -2.07. The van der Waals surface area contributed by atoms with Gasteiger partial charge in [-0.15, -0.1) is 0 Å². The fourth-order valence-corrected chi connectivity index (χ4v) is 2.68. The van der Waals surface area contributed by atoms with Crippen LogP contribution in [0.2, 0.25) is 0 Å². The summed E-state index contributed by atoms with van der Waals surface area (Å²) in [7, 11) is -3.22. The van der Waals surface area contributed by atoms with Crippen LogP contribution in [0.5, 0.6) is 0 Å². The Morgan fingerprint density at radius 3 is 2.19 bits per heavy atom. The van der Waals surface area contributed by atoms with Gasteiger partial charge in [-0.05, 0) is 26.3 Å². The fourth-order valence-electron chi connectivity index (χ4n) is 1.15. The van der Waals surface area contributed by atoms with Crippen molar-refractivity contribution in [3.8, 4) is 0 Å². The summed E-state index contributed by atoms with van der Waals surface area (Å²) >= 11 is 0. The number of rotatable bonds is 9. The molecule has 0 heterocycles. The van der Waals surface area contributed by atoms with Crippen molar-refractivity contribution in [1.29, 1.82) is 0 Å². The van der Waals surface area contributed by atoms with Gasteiger partial charge in [0.05, 0.1) is 13.2 Å². The summed E-state index contributed by atoms with van der Waals surface area (Å²) in [6.07, 6.45) is 4.89. The SMILES string of the molecule is CCC/C=C/C(=O)CP(=O)(OCC)OCC. The summed E-state index contributed by atoms with van der Waals surface area (Å²) < 4.78 is 22.0. The highest BCUT2D eigenvalue weighted by Gasteiger charge is 2.26. The summed E-state index contributed by atoms with van der Waals surface area (Å²) in [5.41, 5.74) is 0. The topological polar surface area (TPSA) is 52.6 Å². The van der Waals surface area contributed by atoms with E-state index < -0.39 is 7.60 Å². The lowest BCUT2D eigenvalue weighted by molar-refractivity contribution is -0.112. The molecule has 16 heavy (non-hydrogen) atoms. The number of allylic oxidation sites excluding steroid dienone is 2. The van der Waals surface area contributed by atoms with Crippen LogP contribution in [0.4, 0.5) is 0 Å². The minimum absolute atomic E-state index is 0.172. The van der Waals surface area contributed by atoms with E-state index in [4.69, 9.17) is 9.05 Å². The monoisotopic (exact) mass is 248 g/mol. The molecule has 94 valence electrons. The average Bonchev–Trinajstić information content (AvgIpc) is 2.18. The number of ketones is 1. The highest BCUT2D eigenvalue weighted by atomic mass is 31.2. The van der Waals surface area contributed by atoms with E-state index in [0.29, 0.717) is 0 Å². The molecule has 0 aromatic heterocycles. The van der Waals surface area contributed by atoms with E-state index in [-0.39, 0.29) is 25.2 Å². The summed E-state index contributed by atoms with van der Waals surface area (Å²) in [5, 5.41) is 0. The second-order valence-electron chi connectivity index (χ2n) is 3.26. The Labute approximate surface area is 97.6 Å². The van der Waals surface area contributed by atoms with Crippen molar-refractivity contribution >= 4 is 13.4 Å². The van der Waals surface area contributed by atoms with E-state index >= 15 is 0 Å². The molecule has 0 saturated heterocycles. The molecular weight excluding hydrogens is 227 g/mol. The van der Waals surface area contributed by atoms with Crippen LogP contribution in [0.3, 0.4) is 0 Å². The normalized spacial score (nSPS) is 12.2. The fraction of sp³-hybridized carbons (Fsp3) is 0.727. The Bertz CT molecular complexity index is 263. The maximum absolute atomic E-state index is 12.0. The van der Waals surface area contributed by atoms with Crippen molar-refractivity contribution in [2.75, 3.05) is 19.4 Å². The molecule has 0 atom stereocenters. The highest BCUT2D eigenvalue weighted by Crippen LogP contribution is 2.47. The third-order valence-corrected chi connectivity index (χ3v) is 3.76. The first-order chi connectivity index (χ1) is 7.58. The third kappa shape index (κ3) is 6.94. The smallest absolute Gasteiger partial charge is 0.309 e. The zero-order valence-corrected chi connectivity index (χ0v) is 11.2. The Balaban J connectivity index is 4.28. The summed E-state index contributed by atoms with van der Waals surface area (Å²) in [6.45, 7) is 6.04. The van der Waals surface area contributed by atoms with Crippen LogP contribution >= 0.6 is 7.60 Å². The Morgan fingerprint density at radius 1 is 1.19 bits per heavy atom. The van der Waals surface area contributed by atoms with Crippen molar-refractivity contribution in [3.63, 3.8) is 0 Å². The lowest BCUT2D eigenvalue weighted by Gasteiger charge is -2.15. The summed E-state index contributed by atoms with van der Waals surface area (Å²) in [5.74, 6) is -0.210. The molecule has 0 aliphatic heterocycles. The van der Waals surface area contributed by atoms with Crippen LogP contribution in [0, 0.1) is 0 Å². The Kier molecular flexibility index (Phi) is 8.44. The van der Waals surface area contributed by atoms with Gasteiger partial charge in [-0.2, -0.15) is 0 Å². The van der Waals surface area contributed by atoms with Crippen LogP contribution in [-0.4, -0.2) is 25.2 Å². The van der Waals surface area contributed by atoms with Gasteiger partial charge in [0.25, 0.3) is 0 Å². The molecule has 4 nitrogen and oxygen atoms in total. The summed E-state index contributed by atoms with van der Waals surface area (Å²) in [6, 6.07) is 0. The molecule has 0 bridgehead atoms. The van der Waals surface area contributed by atoms with Crippen LogP contribution in [-0.2, 0) is 18.4 Å². The van der Waals surface area contributed by atoms with Gasteiger partial charge < -0.3 is 9.05 Å². The average molecular weight is 248 g/mol. The number of unbranched alkanes of at least 4 members (excludes halogenated alkanes) is 1. The van der Waals surface area contributed by atoms with Gasteiger partial charge in [-0.3, -0.25) is 9.36 Å². The predicted octanol–water partition coefficient (Wildman–Crippen LogP) is 3.18. The van der Waals surface area contributed by atoms with E-state index in [1.807, 2.05) is 6.92 Å². The van der Waals surface area contributed by atoms with Gasteiger partial charge in [0.2, 0.25) is 0 Å². The number of carbonyl (C=O) groups is 1. The van der Waals surface area contributed by atoms with E-state index in [9.17, 15) is 9.36 Å². The van der Waals surface area contributed by atoms with Crippen molar-refractivity contribution < 1.29 is 18.4 Å². The van der Waals surface area contributed by atoms with E-state index in [1.165, 1.54) is 6.08 Å².